The van der Waals surface area contributed by atoms with E-state index in [-0.39, 0.29) is 6.61 Å². The molecule has 1 saturated heterocycles. The molecular formula is C7H13ClO3Si. The Hall–Kier alpha value is -0.0631. The first kappa shape index (κ1) is 10.0. The highest BCUT2D eigenvalue weighted by molar-refractivity contribution is 7.16. The fourth-order valence-corrected chi connectivity index (χ4v) is 4.86. The summed E-state index contributed by atoms with van der Waals surface area (Å²) in [4.78, 5) is 10.2. The van der Waals surface area contributed by atoms with Crippen molar-refractivity contribution >= 4 is 24.7 Å². The fraction of sp³-hybridized carbons (Fsp3) is 0.857. The number of carboxylic acids is 1. The van der Waals surface area contributed by atoms with E-state index in [0.717, 1.165) is 24.9 Å². The first-order chi connectivity index (χ1) is 5.62. The predicted octanol–water partition coefficient (Wildman–Crippen LogP) is 1.95. The average Bonchev–Trinajstić information content (AvgIpc) is 2.03. The number of halogens is 1. The number of aliphatic carboxylic acids is 1. The van der Waals surface area contributed by atoms with E-state index < -0.39 is 13.6 Å². The number of hydrogen-bond acceptors (Lipinski definition) is 2. The first-order valence-electron chi connectivity index (χ1n) is 4.17. The second-order valence-corrected chi connectivity index (χ2v) is 8.25. The van der Waals surface area contributed by atoms with E-state index in [9.17, 15) is 4.79 Å². The number of rotatable bonds is 3. The molecule has 0 amide bonds. The zero-order chi connectivity index (χ0) is 9.03. The quantitative estimate of drug-likeness (QED) is 0.570. The van der Waals surface area contributed by atoms with Gasteiger partial charge in [0.25, 0.3) is 7.63 Å². The molecule has 3 nitrogen and oxygen atoms in total. The lowest BCUT2D eigenvalue weighted by atomic mass is 10.3. The molecule has 0 bridgehead atoms. The van der Waals surface area contributed by atoms with Gasteiger partial charge >= 0.3 is 5.97 Å². The van der Waals surface area contributed by atoms with Crippen LogP contribution in [0.5, 0.6) is 0 Å². The molecule has 1 fully saturated rings. The molecule has 0 unspecified atom stereocenters. The van der Waals surface area contributed by atoms with E-state index in [1.165, 1.54) is 6.42 Å². The highest BCUT2D eigenvalue weighted by Crippen LogP contribution is 2.32. The van der Waals surface area contributed by atoms with Gasteiger partial charge in [-0.1, -0.05) is 19.3 Å². The van der Waals surface area contributed by atoms with Crippen LogP contribution in [0.25, 0.3) is 0 Å². The smallest absolute Gasteiger partial charge is 0.328 e. The Kier molecular flexibility index (Phi) is 3.55. The van der Waals surface area contributed by atoms with Gasteiger partial charge in [0.1, 0.15) is 6.61 Å². The summed E-state index contributed by atoms with van der Waals surface area (Å²) in [5, 5.41) is 8.40. The Morgan fingerprint density at radius 2 is 2.00 bits per heavy atom. The molecule has 0 atom stereocenters. The monoisotopic (exact) mass is 208 g/mol. The summed E-state index contributed by atoms with van der Waals surface area (Å²) in [5.74, 6) is -0.923. The van der Waals surface area contributed by atoms with Gasteiger partial charge in [-0.25, -0.2) is 4.79 Å². The summed E-state index contributed by atoms with van der Waals surface area (Å²) in [5.41, 5.74) is 0. The minimum atomic E-state index is -2.11. The minimum absolute atomic E-state index is 0.226. The fourth-order valence-electron chi connectivity index (χ4n) is 1.42. The van der Waals surface area contributed by atoms with Gasteiger partial charge in [-0.2, -0.15) is 0 Å². The minimum Gasteiger partial charge on any atom is -0.480 e. The third-order valence-corrected chi connectivity index (χ3v) is 6.38. The Balaban J connectivity index is 2.31. The topological polar surface area (TPSA) is 46.5 Å². The van der Waals surface area contributed by atoms with Crippen LogP contribution in [0.4, 0.5) is 0 Å². The summed E-state index contributed by atoms with van der Waals surface area (Å²) >= 11 is 6.17. The van der Waals surface area contributed by atoms with Crippen molar-refractivity contribution in [3.05, 3.63) is 0 Å². The van der Waals surface area contributed by atoms with Gasteiger partial charge in [0.05, 0.1) is 0 Å². The Morgan fingerprint density at radius 3 is 2.50 bits per heavy atom. The molecular weight excluding hydrogens is 196 g/mol. The average molecular weight is 209 g/mol. The summed E-state index contributed by atoms with van der Waals surface area (Å²) in [7, 11) is -2.11. The molecule has 70 valence electrons. The van der Waals surface area contributed by atoms with Crippen LogP contribution in [0.3, 0.4) is 0 Å². The van der Waals surface area contributed by atoms with Crippen molar-refractivity contribution in [1.82, 2.24) is 0 Å². The normalized spacial score (nSPS) is 22.1. The molecule has 12 heavy (non-hydrogen) atoms. The lowest BCUT2D eigenvalue weighted by Gasteiger charge is -2.27. The van der Waals surface area contributed by atoms with Gasteiger partial charge in [0, 0.05) is 0 Å². The molecule has 0 aromatic rings. The van der Waals surface area contributed by atoms with E-state index in [4.69, 9.17) is 20.6 Å². The number of carbonyl (C=O) groups is 1. The third-order valence-electron chi connectivity index (χ3n) is 2.05. The molecule has 0 aromatic carbocycles. The van der Waals surface area contributed by atoms with Gasteiger partial charge in [-0.15, -0.1) is 11.1 Å². The molecule has 1 aliphatic rings. The zero-order valence-corrected chi connectivity index (χ0v) is 8.64. The van der Waals surface area contributed by atoms with E-state index in [1.807, 2.05) is 0 Å². The Bertz CT molecular complexity index is 168. The molecule has 0 aliphatic carbocycles. The van der Waals surface area contributed by atoms with Crippen LogP contribution in [0.1, 0.15) is 19.3 Å². The van der Waals surface area contributed by atoms with Gasteiger partial charge in [-0.3, -0.25) is 0 Å². The maximum absolute atomic E-state index is 10.2. The largest absolute Gasteiger partial charge is 0.480 e. The van der Waals surface area contributed by atoms with E-state index >= 15 is 0 Å². The SMILES string of the molecule is O=C(O)CO[Si]1(Cl)CCCCC1. The second-order valence-electron chi connectivity index (χ2n) is 3.13. The maximum Gasteiger partial charge on any atom is 0.328 e. The van der Waals surface area contributed by atoms with Gasteiger partial charge in [0.2, 0.25) is 0 Å². The summed E-state index contributed by atoms with van der Waals surface area (Å²) < 4.78 is 5.24. The van der Waals surface area contributed by atoms with Gasteiger partial charge in [0.15, 0.2) is 0 Å². The highest BCUT2D eigenvalue weighted by atomic mass is 35.6. The van der Waals surface area contributed by atoms with Crippen LogP contribution in [-0.4, -0.2) is 25.3 Å². The molecule has 0 spiro atoms. The lowest BCUT2D eigenvalue weighted by molar-refractivity contribution is -0.139. The van der Waals surface area contributed by atoms with E-state index in [0.29, 0.717) is 0 Å². The van der Waals surface area contributed by atoms with Crippen LogP contribution in [0.15, 0.2) is 0 Å². The van der Waals surface area contributed by atoms with E-state index in [1.54, 1.807) is 0 Å². The predicted molar refractivity (Wildman–Crippen MR) is 48.7 cm³/mol. The molecule has 0 saturated carbocycles. The van der Waals surface area contributed by atoms with Crippen molar-refractivity contribution in [2.45, 2.75) is 31.4 Å². The van der Waals surface area contributed by atoms with Crippen molar-refractivity contribution in [3.63, 3.8) is 0 Å². The molecule has 0 radical (unpaired) electrons. The highest BCUT2D eigenvalue weighted by Gasteiger charge is 2.35. The zero-order valence-electron chi connectivity index (χ0n) is 6.88. The van der Waals surface area contributed by atoms with Crippen LogP contribution in [-0.2, 0) is 9.22 Å². The van der Waals surface area contributed by atoms with Crippen molar-refractivity contribution in [2.75, 3.05) is 6.61 Å². The third kappa shape index (κ3) is 3.12. The summed E-state index contributed by atoms with van der Waals surface area (Å²) in [6.45, 7) is -0.226. The lowest BCUT2D eigenvalue weighted by Crippen LogP contribution is -2.35. The molecule has 1 aliphatic heterocycles. The van der Waals surface area contributed by atoms with Crippen LogP contribution in [0, 0.1) is 0 Å². The second kappa shape index (κ2) is 4.25. The van der Waals surface area contributed by atoms with Crippen LogP contribution >= 0.6 is 11.1 Å². The van der Waals surface area contributed by atoms with Crippen LogP contribution < -0.4 is 0 Å². The Morgan fingerprint density at radius 1 is 1.42 bits per heavy atom. The molecule has 1 heterocycles. The summed E-state index contributed by atoms with van der Waals surface area (Å²) in [6, 6.07) is 1.81. The van der Waals surface area contributed by atoms with Crippen molar-refractivity contribution < 1.29 is 14.3 Å². The van der Waals surface area contributed by atoms with Gasteiger partial charge < -0.3 is 9.53 Å². The maximum atomic E-state index is 10.2. The molecule has 1 rings (SSSR count). The molecule has 1 N–H and O–H groups in total. The number of hydrogen-bond donors (Lipinski definition) is 1. The van der Waals surface area contributed by atoms with E-state index in [2.05, 4.69) is 0 Å². The van der Waals surface area contributed by atoms with Crippen molar-refractivity contribution in [3.8, 4) is 0 Å². The molecule has 5 heteroatoms. The number of carboxylic acid groups (broad SMARTS) is 1. The molecule has 0 aromatic heterocycles. The van der Waals surface area contributed by atoms with Crippen LogP contribution in [0.2, 0.25) is 12.1 Å². The standard InChI is InChI=1S/C7H13ClO3Si/c8-12(11-6-7(9)10)4-2-1-3-5-12/h1-6H2,(H,9,10). The Labute approximate surface area is 77.5 Å². The summed E-state index contributed by atoms with van der Waals surface area (Å²) in [6.07, 6.45) is 3.39. The van der Waals surface area contributed by atoms with Crippen molar-refractivity contribution in [1.29, 1.82) is 0 Å². The van der Waals surface area contributed by atoms with Crippen molar-refractivity contribution in [2.24, 2.45) is 0 Å². The van der Waals surface area contributed by atoms with Gasteiger partial charge in [-0.05, 0) is 12.1 Å². The first-order valence-corrected chi connectivity index (χ1v) is 7.50.